The molecule has 0 aliphatic heterocycles. The lowest BCUT2D eigenvalue weighted by atomic mass is 9.93. The summed E-state index contributed by atoms with van der Waals surface area (Å²) in [5, 5.41) is 0. The fourth-order valence-electron chi connectivity index (χ4n) is 1.54. The molecule has 0 bridgehead atoms. The van der Waals surface area contributed by atoms with Gasteiger partial charge in [-0.25, -0.2) is 8.42 Å². The first kappa shape index (κ1) is 11.5. The normalized spacial score (nSPS) is 19.3. The highest BCUT2D eigenvalue weighted by molar-refractivity contribution is 8.17. The van der Waals surface area contributed by atoms with Crippen LogP contribution in [-0.2, 0) is 13.8 Å². The number of hydrogen-bond acceptors (Lipinski definition) is 3. The van der Waals surface area contributed by atoms with Gasteiger partial charge < -0.3 is 0 Å². The number of allylic oxidation sites excluding steroid dienone is 3. The van der Waals surface area contributed by atoms with E-state index in [1.165, 1.54) is 0 Å². The van der Waals surface area contributed by atoms with Gasteiger partial charge in [0.25, 0.3) is 9.05 Å². The molecule has 0 saturated heterocycles. The van der Waals surface area contributed by atoms with Crippen LogP contribution in [0.1, 0.15) is 27.2 Å². The first-order valence-corrected chi connectivity index (χ1v) is 6.41. The van der Waals surface area contributed by atoms with Crippen LogP contribution in [0, 0.1) is 0 Å². The highest BCUT2D eigenvalue weighted by Gasteiger charge is 2.27. The van der Waals surface area contributed by atoms with Crippen molar-refractivity contribution in [3.8, 4) is 0 Å². The molecular weight excluding hydrogens is 224 g/mol. The molecule has 1 aliphatic rings. The van der Waals surface area contributed by atoms with Crippen molar-refractivity contribution in [2.24, 2.45) is 0 Å². The van der Waals surface area contributed by atoms with Crippen molar-refractivity contribution in [2.45, 2.75) is 27.2 Å². The summed E-state index contributed by atoms with van der Waals surface area (Å²) in [6.45, 7) is 4.83. The molecule has 0 aromatic heterocycles. The third kappa shape index (κ3) is 1.91. The molecule has 1 rings (SSSR count). The minimum Gasteiger partial charge on any atom is -0.294 e. The predicted octanol–water partition coefficient (Wildman–Crippen LogP) is 2.14. The van der Waals surface area contributed by atoms with Crippen LogP contribution in [-0.4, -0.2) is 14.2 Å². The lowest BCUT2D eigenvalue weighted by Crippen LogP contribution is -2.14. The summed E-state index contributed by atoms with van der Waals surface area (Å²) in [6.07, 6.45) is 0.143. The minimum absolute atomic E-state index is 0.0379. The molecule has 0 amide bonds. The second-order valence-corrected chi connectivity index (χ2v) is 5.90. The van der Waals surface area contributed by atoms with Crippen LogP contribution in [0.2, 0.25) is 0 Å². The van der Waals surface area contributed by atoms with E-state index in [1.54, 1.807) is 20.8 Å². The summed E-state index contributed by atoms with van der Waals surface area (Å²) in [7, 11) is 1.54. The fraction of sp³-hybridized carbons (Fsp3) is 0.444. The van der Waals surface area contributed by atoms with Gasteiger partial charge in [0.1, 0.15) is 0 Å². The molecule has 0 unspecified atom stereocenters. The zero-order valence-corrected chi connectivity index (χ0v) is 9.79. The Balaban J connectivity index is 3.46. The van der Waals surface area contributed by atoms with Crippen molar-refractivity contribution in [1.29, 1.82) is 0 Å². The zero-order chi connectivity index (χ0) is 11.1. The maximum Gasteiger partial charge on any atom is 0.261 e. The van der Waals surface area contributed by atoms with Crippen molar-refractivity contribution < 1.29 is 13.2 Å². The Morgan fingerprint density at radius 2 is 1.64 bits per heavy atom. The first-order chi connectivity index (χ1) is 6.25. The van der Waals surface area contributed by atoms with E-state index in [0.29, 0.717) is 16.7 Å². The van der Waals surface area contributed by atoms with Crippen LogP contribution in [0.3, 0.4) is 0 Å². The van der Waals surface area contributed by atoms with Gasteiger partial charge in [-0.2, -0.15) is 0 Å². The SMILES string of the molecule is CC1=C(S(=O)(=O)Cl)C(C)=C(C)C(=O)C1. The second-order valence-electron chi connectivity index (χ2n) is 3.40. The van der Waals surface area contributed by atoms with Crippen LogP contribution in [0.15, 0.2) is 21.6 Å². The van der Waals surface area contributed by atoms with E-state index in [4.69, 9.17) is 10.7 Å². The number of carbonyl (C=O) groups excluding carboxylic acids is 1. The largest absolute Gasteiger partial charge is 0.294 e. The summed E-state index contributed by atoms with van der Waals surface area (Å²) in [5.41, 5.74) is 1.47. The summed E-state index contributed by atoms with van der Waals surface area (Å²) in [5.74, 6) is -0.0379. The van der Waals surface area contributed by atoms with Crippen LogP contribution in [0.25, 0.3) is 0 Å². The zero-order valence-electron chi connectivity index (χ0n) is 8.22. The number of rotatable bonds is 1. The molecule has 14 heavy (non-hydrogen) atoms. The molecule has 5 heteroatoms. The molecule has 0 atom stereocenters. The Kier molecular flexibility index (Phi) is 2.88. The van der Waals surface area contributed by atoms with Gasteiger partial charge in [-0.3, -0.25) is 4.79 Å². The lowest BCUT2D eigenvalue weighted by molar-refractivity contribution is -0.115. The predicted molar refractivity (Wildman–Crippen MR) is 55.5 cm³/mol. The highest BCUT2D eigenvalue weighted by atomic mass is 35.7. The van der Waals surface area contributed by atoms with Gasteiger partial charge in [-0.05, 0) is 37.5 Å². The average molecular weight is 235 g/mol. The smallest absolute Gasteiger partial charge is 0.261 e. The molecule has 0 N–H and O–H groups in total. The van der Waals surface area contributed by atoms with Crippen molar-refractivity contribution >= 4 is 25.5 Å². The Morgan fingerprint density at radius 1 is 1.14 bits per heavy atom. The molecule has 0 saturated carbocycles. The van der Waals surface area contributed by atoms with Gasteiger partial charge in [0, 0.05) is 17.1 Å². The maximum absolute atomic E-state index is 11.4. The van der Waals surface area contributed by atoms with Crippen molar-refractivity contribution in [3.05, 3.63) is 21.6 Å². The molecule has 0 fully saturated rings. The van der Waals surface area contributed by atoms with E-state index in [2.05, 4.69) is 0 Å². The number of hydrogen-bond donors (Lipinski definition) is 0. The van der Waals surface area contributed by atoms with Crippen LogP contribution in [0.4, 0.5) is 0 Å². The summed E-state index contributed by atoms with van der Waals surface area (Å²) in [6, 6.07) is 0. The summed E-state index contributed by atoms with van der Waals surface area (Å²) < 4.78 is 22.4. The van der Waals surface area contributed by atoms with Crippen molar-refractivity contribution in [2.75, 3.05) is 0 Å². The van der Waals surface area contributed by atoms with Crippen LogP contribution < -0.4 is 0 Å². The van der Waals surface area contributed by atoms with Gasteiger partial charge in [0.2, 0.25) is 0 Å². The lowest BCUT2D eigenvalue weighted by Gasteiger charge is -2.17. The molecule has 3 nitrogen and oxygen atoms in total. The number of halogens is 1. The topological polar surface area (TPSA) is 51.2 Å². The monoisotopic (exact) mass is 234 g/mol. The molecule has 0 aromatic carbocycles. The van der Waals surface area contributed by atoms with Crippen molar-refractivity contribution in [1.82, 2.24) is 0 Å². The molecule has 0 heterocycles. The van der Waals surface area contributed by atoms with Gasteiger partial charge in [-0.15, -0.1) is 0 Å². The number of carbonyl (C=O) groups is 1. The van der Waals surface area contributed by atoms with E-state index in [1.807, 2.05) is 0 Å². The highest BCUT2D eigenvalue weighted by Crippen LogP contribution is 2.32. The molecular formula is C9H11ClO3S. The Hall–Kier alpha value is -0.610. The third-order valence-electron chi connectivity index (χ3n) is 2.38. The van der Waals surface area contributed by atoms with E-state index >= 15 is 0 Å². The first-order valence-electron chi connectivity index (χ1n) is 4.10. The van der Waals surface area contributed by atoms with E-state index in [0.717, 1.165) is 0 Å². The molecule has 1 aliphatic carbocycles. The molecule has 0 radical (unpaired) electrons. The Morgan fingerprint density at radius 3 is 2.07 bits per heavy atom. The van der Waals surface area contributed by atoms with Gasteiger partial charge >= 0.3 is 0 Å². The molecule has 78 valence electrons. The van der Waals surface area contributed by atoms with Crippen LogP contribution in [0.5, 0.6) is 0 Å². The summed E-state index contributed by atoms with van der Waals surface area (Å²) >= 11 is 0. The Labute approximate surface area is 87.9 Å². The average Bonchev–Trinajstić information content (AvgIpc) is 1.97. The molecule has 0 aromatic rings. The van der Waals surface area contributed by atoms with E-state index in [-0.39, 0.29) is 17.1 Å². The van der Waals surface area contributed by atoms with E-state index in [9.17, 15) is 13.2 Å². The van der Waals surface area contributed by atoms with Crippen LogP contribution >= 0.6 is 10.7 Å². The third-order valence-corrected chi connectivity index (χ3v) is 3.98. The second kappa shape index (κ2) is 3.51. The van der Waals surface area contributed by atoms with E-state index < -0.39 is 9.05 Å². The van der Waals surface area contributed by atoms with Gasteiger partial charge in [-0.1, -0.05) is 0 Å². The Bertz CT molecular complexity index is 454. The van der Waals surface area contributed by atoms with Crippen molar-refractivity contribution in [3.63, 3.8) is 0 Å². The van der Waals surface area contributed by atoms with Gasteiger partial charge in [0.15, 0.2) is 5.78 Å². The summed E-state index contributed by atoms with van der Waals surface area (Å²) in [4.78, 5) is 11.5. The fourth-order valence-corrected chi connectivity index (χ4v) is 3.29. The standard InChI is InChI=1S/C9H11ClO3S/c1-5-4-8(11)6(2)7(3)9(5)14(10,12)13/h4H2,1-3H3. The number of ketones is 1. The molecule has 0 spiro atoms. The maximum atomic E-state index is 11.4. The quantitative estimate of drug-likeness (QED) is 0.653. The minimum atomic E-state index is -3.74. The number of Topliss-reactive ketones (excluding diaryl/α,β-unsaturated/α-hetero) is 1. The van der Waals surface area contributed by atoms with Gasteiger partial charge in [0.05, 0.1) is 4.91 Å².